The summed E-state index contributed by atoms with van der Waals surface area (Å²) in [5.41, 5.74) is 2.20. The van der Waals surface area contributed by atoms with E-state index in [2.05, 4.69) is 43.0 Å². The average molecular weight is 425 g/mol. The molecule has 2 heterocycles. The normalized spacial score (nSPS) is 20.3. The van der Waals surface area contributed by atoms with Gasteiger partial charge in [0.25, 0.3) is 5.91 Å². The number of fused-ring (bicyclic) bond motifs is 2. The van der Waals surface area contributed by atoms with E-state index in [0.29, 0.717) is 6.54 Å². The van der Waals surface area contributed by atoms with Crippen molar-refractivity contribution in [2.75, 3.05) is 18.1 Å². The zero-order valence-corrected chi connectivity index (χ0v) is 18.4. The number of amides is 1. The lowest BCUT2D eigenvalue weighted by molar-refractivity contribution is -0.154. The molecule has 2 atom stereocenters. The summed E-state index contributed by atoms with van der Waals surface area (Å²) in [6.07, 6.45) is 3.39. The molecule has 0 bridgehead atoms. The first-order valence-corrected chi connectivity index (χ1v) is 11.5. The molecule has 2 aromatic rings. The Kier molecular flexibility index (Phi) is 6.32. The Hall–Kier alpha value is -2.47. The van der Waals surface area contributed by atoms with E-state index in [9.17, 15) is 9.59 Å². The van der Waals surface area contributed by atoms with Crippen molar-refractivity contribution in [2.45, 2.75) is 61.4 Å². The first kappa shape index (κ1) is 20.8. The lowest BCUT2D eigenvalue weighted by atomic mass is 9.97. The van der Waals surface area contributed by atoms with Crippen LogP contribution < -0.4 is 4.90 Å². The molecule has 6 heteroatoms. The van der Waals surface area contributed by atoms with E-state index in [1.807, 2.05) is 29.2 Å². The summed E-state index contributed by atoms with van der Waals surface area (Å²) in [5.74, 6) is -0.429. The Morgan fingerprint density at radius 1 is 0.967 bits per heavy atom. The number of carbonyl (C=O) groups is 2. The molecular weight excluding hydrogens is 396 g/mol. The molecule has 1 fully saturated rings. The van der Waals surface area contributed by atoms with Crippen LogP contribution in [0.2, 0.25) is 0 Å². The zero-order chi connectivity index (χ0) is 21.1. The fraction of sp³-hybridized carbons (Fsp3) is 0.417. The first-order chi connectivity index (χ1) is 14.5. The summed E-state index contributed by atoms with van der Waals surface area (Å²) in [5, 5.41) is 0. The molecular formula is C24H28N2O3S. The molecule has 2 aliphatic heterocycles. The number of anilines is 2. The molecule has 1 saturated heterocycles. The molecule has 0 saturated carbocycles. The Labute approximate surface area is 182 Å². The van der Waals surface area contributed by atoms with Crippen molar-refractivity contribution in [3.63, 3.8) is 0 Å². The molecule has 4 rings (SSSR count). The predicted octanol–water partition coefficient (Wildman–Crippen LogP) is 5.01. The van der Waals surface area contributed by atoms with E-state index < -0.39 is 0 Å². The molecule has 158 valence electrons. The van der Waals surface area contributed by atoms with Gasteiger partial charge < -0.3 is 14.5 Å². The van der Waals surface area contributed by atoms with Crippen LogP contribution >= 0.6 is 11.8 Å². The maximum Gasteiger partial charge on any atom is 0.308 e. The highest BCUT2D eigenvalue weighted by Crippen LogP contribution is 2.47. The molecule has 2 aliphatic rings. The van der Waals surface area contributed by atoms with Gasteiger partial charge in [-0.15, -0.1) is 0 Å². The number of esters is 1. The van der Waals surface area contributed by atoms with E-state index in [1.54, 1.807) is 11.8 Å². The second kappa shape index (κ2) is 9.13. The van der Waals surface area contributed by atoms with E-state index in [-0.39, 0.29) is 37.0 Å². The third-order valence-electron chi connectivity index (χ3n) is 5.91. The lowest BCUT2D eigenvalue weighted by Crippen LogP contribution is -2.49. The number of piperidine rings is 1. The van der Waals surface area contributed by atoms with E-state index >= 15 is 0 Å². The summed E-state index contributed by atoms with van der Waals surface area (Å²) in [6, 6.07) is 16.8. The molecule has 1 amide bonds. The second-order valence-corrected chi connectivity index (χ2v) is 9.11. The van der Waals surface area contributed by atoms with Crippen molar-refractivity contribution in [3.8, 4) is 0 Å². The molecule has 0 spiro atoms. The van der Waals surface area contributed by atoms with Gasteiger partial charge in [0.05, 0.1) is 17.8 Å². The fourth-order valence-corrected chi connectivity index (χ4v) is 5.52. The van der Waals surface area contributed by atoms with Crippen molar-refractivity contribution in [1.29, 1.82) is 0 Å². The van der Waals surface area contributed by atoms with Crippen LogP contribution in [-0.2, 0) is 14.3 Å². The van der Waals surface area contributed by atoms with Crippen LogP contribution in [0.5, 0.6) is 0 Å². The largest absolute Gasteiger partial charge is 0.456 e. The molecule has 5 nitrogen and oxygen atoms in total. The van der Waals surface area contributed by atoms with E-state index in [4.69, 9.17) is 4.74 Å². The average Bonchev–Trinajstić information content (AvgIpc) is 2.75. The van der Waals surface area contributed by atoms with Gasteiger partial charge in [0.15, 0.2) is 6.61 Å². The minimum atomic E-state index is -0.339. The highest BCUT2D eigenvalue weighted by atomic mass is 32.2. The summed E-state index contributed by atoms with van der Waals surface area (Å²) < 4.78 is 5.36. The Balaban J connectivity index is 1.37. The molecule has 30 heavy (non-hydrogen) atoms. The fourth-order valence-electron chi connectivity index (χ4n) is 4.43. The first-order valence-electron chi connectivity index (χ1n) is 10.6. The number of para-hydroxylation sites is 2. The number of hydrogen-bond acceptors (Lipinski definition) is 5. The van der Waals surface area contributed by atoms with Gasteiger partial charge in [-0.2, -0.15) is 0 Å². The van der Waals surface area contributed by atoms with Crippen LogP contribution in [0.15, 0.2) is 58.3 Å². The van der Waals surface area contributed by atoms with Crippen molar-refractivity contribution < 1.29 is 14.3 Å². The molecule has 2 unspecified atom stereocenters. The van der Waals surface area contributed by atoms with Crippen LogP contribution in [0.1, 0.15) is 39.5 Å². The number of benzene rings is 2. The summed E-state index contributed by atoms with van der Waals surface area (Å²) in [4.78, 5) is 31.4. The van der Waals surface area contributed by atoms with Gasteiger partial charge in [-0.1, -0.05) is 36.0 Å². The predicted molar refractivity (Wildman–Crippen MR) is 119 cm³/mol. The number of ether oxygens (including phenoxy) is 1. The molecule has 0 radical (unpaired) electrons. The highest BCUT2D eigenvalue weighted by Gasteiger charge is 2.29. The van der Waals surface area contributed by atoms with Crippen molar-refractivity contribution >= 4 is 35.0 Å². The molecule has 0 aromatic heterocycles. The van der Waals surface area contributed by atoms with Gasteiger partial charge in [-0.3, -0.25) is 9.59 Å². The van der Waals surface area contributed by atoms with Crippen LogP contribution in [0.4, 0.5) is 11.4 Å². The van der Waals surface area contributed by atoms with Crippen LogP contribution in [0, 0.1) is 0 Å². The quantitative estimate of drug-likeness (QED) is 0.632. The van der Waals surface area contributed by atoms with Gasteiger partial charge >= 0.3 is 5.97 Å². The van der Waals surface area contributed by atoms with E-state index in [0.717, 1.165) is 30.6 Å². The second-order valence-electron chi connectivity index (χ2n) is 8.03. The van der Waals surface area contributed by atoms with Crippen LogP contribution in [-0.4, -0.2) is 42.0 Å². The number of carbonyl (C=O) groups excluding carboxylic acids is 2. The smallest absolute Gasteiger partial charge is 0.308 e. The van der Waals surface area contributed by atoms with Crippen molar-refractivity contribution in [3.05, 3.63) is 48.5 Å². The van der Waals surface area contributed by atoms with Gasteiger partial charge in [0.2, 0.25) is 0 Å². The summed E-state index contributed by atoms with van der Waals surface area (Å²) in [7, 11) is 0. The van der Waals surface area contributed by atoms with Gasteiger partial charge in [0, 0.05) is 28.4 Å². The minimum absolute atomic E-state index is 0.0897. The third-order valence-corrected chi connectivity index (χ3v) is 7.04. The number of hydrogen-bond donors (Lipinski definition) is 0. The van der Waals surface area contributed by atoms with Crippen molar-refractivity contribution in [1.82, 2.24) is 4.90 Å². The van der Waals surface area contributed by atoms with Gasteiger partial charge in [0.1, 0.15) is 0 Å². The third kappa shape index (κ3) is 4.33. The van der Waals surface area contributed by atoms with Gasteiger partial charge in [-0.25, -0.2) is 0 Å². The zero-order valence-electron chi connectivity index (χ0n) is 17.5. The minimum Gasteiger partial charge on any atom is -0.456 e. The number of nitrogens with zero attached hydrogens (tertiary/aromatic N) is 2. The SMILES string of the molecule is CC1CCCC(C)N1C(=O)COC(=O)CCN1c2ccccc2Sc2ccccc21. The number of rotatable bonds is 5. The highest BCUT2D eigenvalue weighted by molar-refractivity contribution is 7.99. The topological polar surface area (TPSA) is 49.9 Å². The standard InChI is InChI=1S/C24H28N2O3S/c1-17-8-7-9-18(2)26(17)23(27)16-29-24(28)14-15-25-19-10-3-5-12-21(19)30-22-13-6-4-11-20(22)25/h3-6,10-13,17-18H,7-9,14-16H2,1-2H3. The molecule has 2 aromatic carbocycles. The molecule has 0 aliphatic carbocycles. The maximum atomic E-state index is 12.6. The maximum absolute atomic E-state index is 12.6. The van der Waals surface area contributed by atoms with Crippen LogP contribution in [0.3, 0.4) is 0 Å². The van der Waals surface area contributed by atoms with Gasteiger partial charge in [-0.05, 0) is 57.4 Å². The Morgan fingerprint density at radius 3 is 2.13 bits per heavy atom. The van der Waals surface area contributed by atoms with Crippen molar-refractivity contribution in [2.24, 2.45) is 0 Å². The molecule has 0 N–H and O–H groups in total. The Morgan fingerprint density at radius 2 is 1.53 bits per heavy atom. The summed E-state index contributed by atoms with van der Waals surface area (Å²) >= 11 is 1.74. The monoisotopic (exact) mass is 424 g/mol. The van der Waals surface area contributed by atoms with Crippen LogP contribution in [0.25, 0.3) is 0 Å². The van der Waals surface area contributed by atoms with E-state index in [1.165, 1.54) is 9.79 Å². The number of likely N-dealkylation sites (tertiary alicyclic amines) is 1. The summed E-state index contributed by atoms with van der Waals surface area (Å²) in [6.45, 7) is 4.48. The lowest BCUT2D eigenvalue weighted by Gasteiger charge is -2.38. The Bertz CT molecular complexity index is 877.